The van der Waals surface area contributed by atoms with E-state index in [4.69, 9.17) is 40.7 Å². The first-order valence-corrected chi connectivity index (χ1v) is 15.2. The molecular formula is C36H35NO8S. The molecule has 0 aliphatic carbocycles. The van der Waals surface area contributed by atoms with Gasteiger partial charge < -0.3 is 28.5 Å². The van der Waals surface area contributed by atoms with Gasteiger partial charge >= 0.3 is 11.9 Å². The normalized spacial score (nSPS) is 17.6. The summed E-state index contributed by atoms with van der Waals surface area (Å²) in [5.74, 6) is -1.19. The zero-order valence-corrected chi connectivity index (χ0v) is 26.1. The van der Waals surface area contributed by atoms with Crippen molar-refractivity contribution in [2.24, 2.45) is 0 Å². The Labute approximate surface area is 272 Å². The number of carbonyl (C=O) groups excluding carboxylic acids is 2. The molecule has 0 bridgehead atoms. The summed E-state index contributed by atoms with van der Waals surface area (Å²) in [5, 5.41) is 0. The lowest BCUT2D eigenvalue weighted by Crippen LogP contribution is -2.46. The van der Waals surface area contributed by atoms with Crippen LogP contribution in [0.2, 0.25) is 0 Å². The molecule has 0 amide bonds. The van der Waals surface area contributed by atoms with Crippen LogP contribution in [-0.2, 0) is 53.1 Å². The van der Waals surface area contributed by atoms with Crippen molar-refractivity contribution in [2.45, 2.75) is 50.3 Å². The van der Waals surface area contributed by atoms with Crippen molar-refractivity contribution in [3.05, 3.63) is 149 Å². The van der Waals surface area contributed by atoms with E-state index in [2.05, 4.69) is 0 Å². The van der Waals surface area contributed by atoms with E-state index in [-0.39, 0.29) is 19.8 Å². The fourth-order valence-corrected chi connectivity index (χ4v) is 4.93. The number of benzene rings is 3. The van der Waals surface area contributed by atoms with Crippen molar-refractivity contribution in [3.63, 3.8) is 0 Å². The molecule has 238 valence electrons. The molecule has 1 aliphatic rings. The third-order valence-electron chi connectivity index (χ3n) is 7.19. The topological polar surface area (TPSA) is 97.8 Å². The van der Waals surface area contributed by atoms with Crippen molar-refractivity contribution in [1.82, 2.24) is 4.73 Å². The lowest BCUT2D eigenvalue weighted by molar-refractivity contribution is -0.148. The van der Waals surface area contributed by atoms with Crippen molar-refractivity contribution in [1.29, 1.82) is 0 Å². The number of carbonyl (C=O) groups is 2. The van der Waals surface area contributed by atoms with Gasteiger partial charge in [-0.25, -0.2) is 9.59 Å². The van der Waals surface area contributed by atoms with Crippen LogP contribution in [0.15, 0.2) is 128 Å². The van der Waals surface area contributed by atoms with Crippen molar-refractivity contribution < 1.29 is 38.1 Å². The molecule has 1 fully saturated rings. The van der Waals surface area contributed by atoms with E-state index in [1.54, 1.807) is 30.5 Å². The van der Waals surface area contributed by atoms with Gasteiger partial charge in [0.15, 0.2) is 6.10 Å². The van der Waals surface area contributed by atoms with Gasteiger partial charge in [-0.2, -0.15) is 4.73 Å². The molecule has 0 unspecified atom stereocenters. The summed E-state index contributed by atoms with van der Waals surface area (Å²) in [7, 11) is 1.30. The third-order valence-corrected chi connectivity index (χ3v) is 7.50. The molecule has 10 heteroatoms. The molecule has 1 saturated heterocycles. The van der Waals surface area contributed by atoms with E-state index in [0.717, 1.165) is 16.7 Å². The molecule has 0 radical (unpaired) electrons. The zero-order valence-electron chi connectivity index (χ0n) is 25.3. The number of aromatic nitrogens is 1. The average molecular weight is 642 g/mol. The Morgan fingerprint density at radius 3 is 1.89 bits per heavy atom. The summed E-state index contributed by atoms with van der Waals surface area (Å²) >= 11 is 5.28. The Morgan fingerprint density at radius 2 is 1.33 bits per heavy atom. The van der Waals surface area contributed by atoms with Crippen LogP contribution in [0.4, 0.5) is 0 Å². The van der Waals surface area contributed by atoms with Crippen LogP contribution in [-0.4, -0.2) is 54.3 Å². The quantitative estimate of drug-likeness (QED) is 0.0687. The molecule has 1 aliphatic heterocycles. The first-order valence-electron chi connectivity index (χ1n) is 14.8. The average Bonchev–Trinajstić information content (AvgIpc) is 3.90. The van der Waals surface area contributed by atoms with Gasteiger partial charge in [0.2, 0.25) is 0 Å². The van der Waals surface area contributed by atoms with Crippen LogP contribution in [0.5, 0.6) is 0 Å². The molecule has 0 N–H and O–H groups in total. The van der Waals surface area contributed by atoms with Crippen LogP contribution in [0.1, 0.15) is 16.7 Å². The molecule has 2 heterocycles. The summed E-state index contributed by atoms with van der Waals surface area (Å²) in [6, 6.07) is 34.0. The van der Waals surface area contributed by atoms with E-state index in [1.807, 2.05) is 91.0 Å². The number of hydrogen-bond acceptors (Lipinski definition) is 9. The minimum Gasteiger partial charge on any atom is -0.466 e. The summed E-state index contributed by atoms with van der Waals surface area (Å²) in [6.07, 6.45) is 0.254. The summed E-state index contributed by atoms with van der Waals surface area (Å²) < 4.78 is 31.8. The van der Waals surface area contributed by atoms with Crippen molar-refractivity contribution in [3.8, 4) is 0 Å². The molecular weight excluding hydrogens is 606 g/mol. The van der Waals surface area contributed by atoms with Gasteiger partial charge in [-0.05, 0) is 34.9 Å². The number of rotatable bonds is 16. The number of esters is 1. The number of hydrogen-bond donors (Lipinski definition) is 0. The first-order chi connectivity index (χ1) is 22.5. The highest BCUT2D eigenvalue weighted by atomic mass is 32.1. The van der Waals surface area contributed by atoms with Gasteiger partial charge in [-0.15, -0.1) is 0 Å². The van der Waals surface area contributed by atoms with E-state index >= 15 is 0 Å². The number of methoxy groups -OCH3 is 1. The summed E-state index contributed by atoms with van der Waals surface area (Å²) in [6.45, 7) is 0.625. The second-order valence-electron chi connectivity index (χ2n) is 10.5. The maximum Gasteiger partial charge on any atom is 0.364 e. The molecule has 5 atom stereocenters. The zero-order chi connectivity index (χ0) is 32.1. The van der Waals surface area contributed by atoms with E-state index in [1.165, 1.54) is 17.9 Å². The summed E-state index contributed by atoms with van der Waals surface area (Å²) in [4.78, 5) is 31.0. The Bertz CT molecular complexity index is 1630. The molecule has 0 saturated carbocycles. The smallest absolute Gasteiger partial charge is 0.364 e. The Hall–Kier alpha value is -4.45. The van der Waals surface area contributed by atoms with Crippen molar-refractivity contribution >= 4 is 24.2 Å². The lowest BCUT2D eigenvalue weighted by Gasteiger charge is -2.32. The maximum absolute atomic E-state index is 13.2. The predicted octanol–water partition coefficient (Wildman–Crippen LogP) is 5.43. The number of ether oxygens (including phenoxy) is 5. The van der Waals surface area contributed by atoms with Gasteiger partial charge in [0.1, 0.15) is 29.1 Å². The Kier molecular flexibility index (Phi) is 12.0. The maximum atomic E-state index is 13.2. The summed E-state index contributed by atoms with van der Waals surface area (Å²) in [5.41, 5.74) is 2.75. The Balaban J connectivity index is 1.46. The standard InChI is InChI=1S/C36H35NO8S/c1-40-31(38)21-20-29(41-23-26-13-5-2-6-14-26)32(42-24-27-15-7-3-8-16-27)33(43-25-28-17-9-4-10-18-28)34-35(44-34)36(39)45-37-22-12-11-19-30(37)46/h2-22,29,32-35H,23-25H2,1H3/b21-20+/t29-,32+,33-,34-,35+/m1/s1. The monoisotopic (exact) mass is 641 g/mol. The van der Waals surface area contributed by atoms with Gasteiger partial charge in [-0.3, -0.25) is 0 Å². The molecule has 1 aromatic heterocycles. The second kappa shape index (κ2) is 16.7. The highest BCUT2D eigenvalue weighted by Gasteiger charge is 2.56. The third kappa shape index (κ3) is 9.53. The number of epoxide rings is 1. The van der Waals surface area contributed by atoms with Gasteiger partial charge in [0.05, 0.1) is 26.9 Å². The molecule has 3 aromatic carbocycles. The van der Waals surface area contributed by atoms with Gasteiger partial charge in [-0.1, -0.05) is 109 Å². The van der Waals surface area contributed by atoms with Crippen LogP contribution < -0.4 is 4.84 Å². The second-order valence-corrected chi connectivity index (χ2v) is 10.9. The molecule has 4 aromatic rings. The molecule has 5 rings (SSSR count). The highest BCUT2D eigenvalue weighted by molar-refractivity contribution is 7.71. The van der Waals surface area contributed by atoms with Crippen LogP contribution >= 0.6 is 12.2 Å². The minimum atomic E-state index is -0.954. The number of nitrogens with zero attached hydrogens (tertiary/aromatic N) is 1. The van der Waals surface area contributed by atoms with Gasteiger partial charge in [0.25, 0.3) is 0 Å². The highest BCUT2D eigenvalue weighted by Crippen LogP contribution is 2.34. The van der Waals surface area contributed by atoms with E-state index in [0.29, 0.717) is 4.64 Å². The fourth-order valence-electron chi connectivity index (χ4n) is 4.75. The minimum absolute atomic E-state index is 0.203. The van der Waals surface area contributed by atoms with Gasteiger partial charge in [0, 0.05) is 12.3 Å². The Morgan fingerprint density at radius 1 is 0.783 bits per heavy atom. The number of pyridine rings is 1. The largest absolute Gasteiger partial charge is 0.466 e. The lowest BCUT2D eigenvalue weighted by atomic mass is 10.0. The van der Waals surface area contributed by atoms with E-state index < -0.39 is 42.5 Å². The van der Waals surface area contributed by atoms with Crippen molar-refractivity contribution in [2.75, 3.05) is 7.11 Å². The van der Waals surface area contributed by atoms with Crippen LogP contribution in [0, 0.1) is 4.64 Å². The molecule has 46 heavy (non-hydrogen) atoms. The van der Waals surface area contributed by atoms with E-state index in [9.17, 15) is 9.59 Å². The first kappa shape index (κ1) is 32.9. The molecule has 9 nitrogen and oxygen atoms in total. The predicted molar refractivity (Wildman–Crippen MR) is 172 cm³/mol. The molecule has 0 spiro atoms. The van der Waals surface area contributed by atoms with Crippen LogP contribution in [0.25, 0.3) is 0 Å². The fraction of sp³-hybridized carbons (Fsp3) is 0.250. The van der Waals surface area contributed by atoms with Crippen LogP contribution in [0.3, 0.4) is 0 Å². The SMILES string of the molecule is COC(=O)/C=C/[C@@H](OCc1ccccc1)[C@H](OCc1ccccc1)[C@@H](OCc1ccccc1)[C@H]1O[C@@H]1C(=O)On1ccccc1=S.